The standard InChI is InChI=1S/C10H18BrN3O2S/c1-4-14-9(10(11)7(2)13-14)5-8(12)6-17(3,15)16/h8H,4-6,12H2,1-3H3. The number of nitrogens with zero attached hydrogens (tertiary/aromatic N) is 2. The van der Waals surface area contributed by atoms with Crippen LogP contribution in [0.3, 0.4) is 0 Å². The van der Waals surface area contributed by atoms with Crippen molar-refractivity contribution in [3.8, 4) is 0 Å². The van der Waals surface area contributed by atoms with Gasteiger partial charge in [0.2, 0.25) is 0 Å². The van der Waals surface area contributed by atoms with Crippen molar-refractivity contribution in [3.05, 3.63) is 15.9 Å². The summed E-state index contributed by atoms with van der Waals surface area (Å²) in [4.78, 5) is 0. The maximum absolute atomic E-state index is 11.2. The molecule has 98 valence electrons. The number of aryl methyl sites for hydroxylation is 2. The summed E-state index contributed by atoms with van der Waals surface area (Å²) in [6.45, 7) is 4.64. The molecule has 7 heteroatoms. The van der Waals surface area contributed by atoms with Crippen molar-refractivity contribution in [3.63, 3.8) is 0 Å². The number of hydrogen-bond acceptors (Lipinski definition) is 4. The Labute approximate surface area is 110 Å². The Balaban J connectivity index is 2.88. The summed E-state index contributed by atoms with van der Waals surface area (Å²) in [5.41, 5.74) is 7.71. The van der Waals surface area contributed by atoms with Gasteiger partial charge in [-0.05, 0) is 29.8 Å². The summed E-state index contributed by atoms with van der Waals surface area (Å²) in [5.74, 6) is -0.00657. The van der Waals surface area contributed by atoms with Gasteiger partial charge in [-0.25, -0.2) is 8.42 Å². The van der Waals surface area contributed by atoms with E-state index in [0.717, 1.165) is 22.4 Å². The van der Waals surface area contributed by atoms with Crippen molar-refractivity contribution in [2.45, 2.75) is 32.9 Å². The van der Waals surface area contributed by atoms with E-state index in [2.05, 4.69) is 21.0 Å². The Hall–Kier alpha value is -0.400. The molecule has 1 heterocycles. The predicted octanol–water partition coefficient (Wildman–Crippen LogP) is 0.888. The van der Waals surface area contributed by atoms with Crippen LogP contribution in [0.25, 0.3) is 0 Å². The van der Waals surface area contributed by atoms with E-state index in [1.54, 1.807) is 0 Å². The molecule has 1 atom stereocenters. The largest absolute Gasteiger partial charge is 0.326 e. The molecular formula is C10H18BrN3O2S. The lowest BCUT2D eigenvalue weighted by Crippen LogP contribution is -2.32. The van der Waals surface area contributed by atoms with Gasteiger partial charge in [0.05, 0.1) is 21.6 Å². The molecule has 1 aromatic heterocycles. The van der Waals surface area contributed by atoms with Crippen molar-refractivity contribution in [2.75, 3.05) is 12.0 Å². The summed E-state index contributed by atoms with van der Waals surface area (Å²) in [5, 5.41) is 4.34. The van der Waals surface area contributed by atoms with Crippen LogP contribution in [0.15, 0.2) is 4.47 Å². The molecule has 0 fully saturated rings. The van der Waals surface area contributed by atoms with Crippen molar-refractivity contribution in [2.24, 2.45) is 5.73 Å². The fourth-order valence-electron chi connectivity index (χ4n) is 1.76. The second-order valence-corrected chi connectivity index (χ2v) is 7.20. The second-order valence-electron chi connectivity index (χ2n) is 4.22. The molecule has 0 aliphatic carbocycles. The van der Waals surface area contributed by atoms with E-state index in [4.69, 9.17) is 5.73 Å². The SMILES string of the molecule is CCn1nc(C)c(Br)c1CC(N)CS(C)(=O)=O. The van der Waals surface area contributed by atoms with Gasteiger partial charge in [0.25, 0.3) is 0 Å². The van der Waals surface area contributed by atoms with Crippen molar-refractivity contribution in [1.29, 1.82) is 0 Å². The molecule has 0 radical (unpaired) electrons. The van der Waals surface area contributed by atoms with E-state index in [-0.39, 0.29) is 5.75 Å². The summed E-state index contributed by atoms with van der Waals surface area (Å²) < 4.78 is 25.1. The number of hydrogen-bond donors (Lipinski definition) is 1. The van der Waals surface area contributed by atoms with Gasteiger partial charge in [-0.2, -0.15) is 5.10 Å². The summed E-state index contributed by atoms with van der Waals surface area (Å²) in [6.07, 6.45) is 1.70. The average molecular weight is 324 g/mol. The quantitative estimate of drug-likeness (QED) is 0.872. The molecule has 0 aromatic carbocycles. The van der Waals surface area contributed by atoms with Gasteiger partial charge >= 0.3 is 0 Å². The van der Waals surface area contributed by atoms with Gasteiger partial charge in [-0.1, -0.05) is 0 Å². The van der Waals surface area contributed by atoms with E-state index in [0.29, 0.717) is 6.42 Å². The minimum absolute atomic E-state index is 0.00657. The summed E-state index contributed by atoms with van der Waals surface area (Å²) in [6, 6.07) is -0.400. The van der Waals surface area contributed by atoms with Gasteiger partial charge in [-0.3, -0.25) is 4.68 Å². The first kappa shape index (κ1) is 14.7. The fourth-order valence-corrected chi connectivity index (χ4v) is 3.10. The summed E-state index contributed by atoms with van der Waals surface area (Å²) in [7, 11) is -3.04. The molecule has 0 spiro atoms. The predicted molar refractivity (Wildman–Crippen MR) is 71.7 cm³/mol. The Bertz CT molecular complexity index is 496. The lowest BCUT2D eigenvalue weighted by molar-refractivity contribution is 0.574. The van der Waals surface area contributed by atoms with Crippen LogP contribution in [-0.2, 0) is 22.8 Å². The molecule has 5 nitrogen and oxygen atoms in total. The van der Waals surface area contributed by atoms with Crippen LogP contribution in [-0.4, -0.2) is 36.2 Å². The monoisotopic (exact) mass is 323 g/mol. The molecule has 1 rings (SSSR count). The molecule has 0 amide bonds. The van der Waals surface area contributed by atoms with E-state index in [1.807, 2.05) is 18.5 Å². The summed E-state index contributed by atoms with van der Waals surface area (Å²) >= 11 is 3.46. The van der Waals surface area contributed by atoms with Crippen molar-refractivity contribution >= 4 is 25.8 Å². The van der Waals surface area contributed by atoms with Crippen LogP contribution in [0.4, 0.5) is 0 Å². The van der Waals surface area contributed by atoms with Gasteiger partial charge in [0.1, 0.15) is 9.84 Å². The normalized spacial score (nSPS) is 13.9. The molecule has 0 bridgehead atoms. The van der Waals surface area contributed by atoms with E-state index in [9.17, 15) is 8.42 Å². The molecule has 1 unspecified atom stereocenters. The highest BCUT2D eigenvalue weighted by molar-refractivity contribution is 9.10. The molecule has 1 aromatic rings. The van der Waals surface area contributed by atoms with Crippen LogP contribution >= 0.6 is 15.9 Å². The lowest BCUT2D eigenvalue weighted by atomic mass is 10.2. The van der Waals surface area contributed by atoms with Crippen LogP contribution in [0.5, 0.6) is 0 Å². The van der Waals surface area contributed by atoms with E-state index < -0.39 is 15.9 Å². The Morgan fingerprint density at radius 3 is 2.59 bits per heavy atom. The zero-order chi connectivity index (χ0) is 13.2. The Morgan fingerprint density at radius 1 is 1.53 bits per heavy atom. The van der Waals surface area contributed by atoms with E-state index >= 15 is 0 Å². The number of sulfone groups is 1. The zero-order valence-corrected chi connectivity index (χ0v) is 12.7. The highest BCUT2D eigenvalue weighted by Crippen LogP contribution is 2.22. The third-order valence-corrected chi connectivity index (χ3v) is 4.49. The minimum Gasteiger partial charge on any atom is -0.326 e. The first-order chi connectivity index (χ1) is 7.74. The number of nitrogens with two attached hydrogens (primary N) is 1. The van der Waals surface area contributed by atoms with Crippen molar-refractivity contribution < 1.29 is 8.42 Å². The van der Waals surface area contributed by atoms with E-state index in [1.165, 1.54) is 6.26 Å². The maximum atomic E-state index is 11.2. The molecule has 2 N–H and O–H groups in total. The van der Waals surface area contributed by atoms with Gasteiger partial charge in [0.15, 0.2) is 0 Å². The molecule has 0 saturated carbocycles. The Morgan fingerprint density at radius 2 is 2.12 bits per heavy atom. The smallest absolute Gasteiger partial charge is 0.148 e. The first-order valence-electron chi connectivity index (χ1n) is 5.39. The third kappa shape index (κ3) is 4.08. The topological polar surface area (TPSA) is 78.0 Å². The maximum Gasteiger partial charge on any atom is 0.148 e. The minimum atomic E-state index is -3.04. The number of aromatic nitrogens is 2. The van der Waals surface area contributed by atoms with Crippen molar-refractivity contribution in [1.82, 2.24) is 9.78 Å². The molecule has 0 aliphatic rings. The Kier molecular flexibility index (Phi) is 4.74. The van der Waals surface area contributed by atoms with Gasteiger partial charge in [0, 0.05) is 25.3 Å². The first-order valence-corrected chi connectivity index (χ1v) is 8.25. The lowest BCUT2D eigenvalue weighted by Gasteiger charge is -2.12. The highest BCUT2D eigenvalue weighted by atomic mass is 79.9. The molecule has 0 saturated heterocycles. The fraction of sp³-hybridized carbons (Fsp3) is 0.700. The van der Waals surface area contributed by atoms with Crippen LogP contribution < -0.4 is 5.73 Å². The molecular weight excluding hydrogens is 306 g/mol. The van der Waals surface area contributed by atoms with Crippen LogP contribution in [0.2, 0.25) is 0 Å². The number of halogens is 1. The number of rotatable bonds is 5. The van der Waals surface area contributed by atoms with Crippen LogP contribution in [0.1, 0.15) is 18.3 Å². The van der Waals surface area contributed by atoms with Gasteiger partial charge in [-0.15, -0.1) is 0 Å². The van der Waals surface area contributed by atoms with Crippen LogP contribution in [0, 0.1) is 6.92 Å². The second kappa shape index (κ2) is 5.49. The third-order valence-electron chi connectivity index (χ3n) is 2.43. The highest BCUT2D eigenvalue weighted by Gasteiger charge is 2.18. The van der Waals surface area contributed by atoms with Gasteiger partial charge < -0.3 is 5.73 Å². The average Bonchev–Trinajstić information content (AvgIpc) is 2.42. The zero-order valence-electron chi connectivity index (χ0n) is 10.3. The molecule has 0 aliphatic heterocycles. The molecule has 17 heavy (non-hydrogen) atoms.